The highest BCUT2D eigenvalue weighted by Crippen LogP contribution is 2.53. The second kappa shape index (κ2) is 5.29. The van der Waals surface area contributed by atoms with Crippen molar-refractivity contribution >= 4 is 11.6 Å². The van der Waals surface area contributed by atoms with E-state index < -0.39 is 0 Å². The highest BCUT2D eigenvalue weighted by molar-refractivity contribution is 5.95. The van der Waals surface area contributed by atoms with Crippen LogP contribution in [-0.2, 0) is 9.53 Å². The van der Waals surface area contributed by atoms with Crippen LogP contribution in [0.5, 0.6) is 0 Å². The van der Waals surface area contributed by atoms with Crippen LogP contribution in [-0.4, -0.2) is 12.5 Å². The summed E-state index contributed by atoms with van der Waals surface area (Å²) in [5, 5.41) is 0. The molecule has 1 aromatic carbocycles. The monoisotopic (exact) mass is 297 g/mol. The lowest BCUT2D eigenvalue weighted by Crippen LogP contribution is -2.43. The molecule has 2 aliphatic rings. The van der Waals surface area contributed by atoms with Gasteiger partial charge in [0.15, 0.2) is 0 Å². The molecule has 0 N–H and O–H groups in total. The molecule has 22 heavy (non-hydrogen) atoms. The normalized spacial score (nSPS) is 26.6. The van der Waals surface area contributed by atoms with E-state index in [9.17, 15) is 4.79 Å². The van der Waals surface area contributed by atoms with Gasteiger partial charge >= 0.3 is 0 Å². The van der Waals surface area contributed by atoms with Crippen molar-refractivity contribution in [2.75, 3.05) is 11.5 Å². The maximum Gasteiger partial charge on any atom is 0.227 e. The maximum absolute atomic E-state index is 12.7. The van der Waals surface area contributed by atoms with E-state index in [4.69, 9.17) is 9.15 Å². The Morgan fingerprint density at radius 1 is 1.27 bits per heavy atom. The minimum atomic E-state index is -0.0788. The van der Waals surface area contributed by atoms with Gasteiger partial charge in [0.05, 0.1) is 18.1 Å². The smallest absolute Gasteiger partial charge is 0.227 e. The molecule has 4 rings (SSSR count). The number of benzene rings is 1. The number of nitrogens with zero attached hydrogens (tertiary/aromatic N) is 1. The van der Waals surface area contributed by atoms with Crippen molar-refractivity contribution in [2.24, 2.45) is 5.92 Å². The van der Waals surface area contributed by atoms with Crippen molar-refractivity contribution in [2.45, 2.75) is 31.9 Å². The Kier molecular flexibility index (Phi) is 3.26. The first-order valence-corrected chi connectivity index (χ1v) is 7.87. The minimum absolute atomic E-state index is 0.0483. The summed E-state index contributed by atoms with van der Waals surface area (Å²) in [5.74, 6) is 1.22. The molecule has 0 unspecified atom stereocenters. The summed E-state index contributed by atoms with van der Waals surface area (Å²) in [4.78, 5) is 14.6. The van der Waals surface area contributed by atoms with Gasteiger partial charge in [0.2, 0.25) is 5.91 Å². The van der Waals surface area contributed by atoms with Crippen LogP contribution in [0.15, 0.2) is 47.1 Å². The largest absolute Gasteiger partial charge is 0.467 e. The number of anilines is 1. The van der Waals surface area contributed by atoms with Gasteiger partial charge in [-0.2, -0.15) is 0 Å². The van der Waals surface area contributed by atoms with Gasteiger partial charge in [-0.15, -0.1) is 0 Å². The van der Waals surface area contributed by atoms with E-state index in [0.717, 1.165) is 30.0 Å². The number of ether oxygens (including phenoxy) is 1. The maximum atomic E-state index is 12.7. The minimum Gasteiger partial charge on any atom is -0.467 e. The Bertz CT molecular complexity index is 679. The van der Waals surface area contributed by atoms with Crippen molar-refractivity contribution in [1.82, 2.24) is 0 Å². The second-order valence-electron chi connectivity index (χ2n) is 5.88. The Labute approximate surface area is 129 Å². The molecule has 114 valence electrons. The van der Waals surface area contributed by atoms with Crippen molar-refractivity contribution in [3.63, 3.8) is 0 Å². The molecule has 0 saturated carbocycles. The highest BCUT2D eigenvalue weighted by Gasteiger charge is 2.47. The first kappa shape index (κ1) is 13.6. The zero-order chi connectivity index (χ0) is 15.1. The average molecular weight is 297 g/mol. The van der Waals surface area contributed by atoms with E-state index in [1.165, 1.54) is 0 Å². The van der Waals surface area contributed by atoms with Gasteiger partial charge in [-0.1, -0.05) is 25.1 Å². The third kappa shape index (κ3) is 1.91. The van der Waals surface area contributed by atoms with E-state index >= 15 is 0 Å². The fraction of sp³-hybridized carbons (Fsp3) is 0.389. The zero-order valence-electron chi connectivity index (χ0n) is 12.6. The first-order chi connectivity index (χ1) is 10.8. The molecule has 4 nitrogen and oxygen atoms in total. The molecule has 2 aromatic rings. The van der Waals surface area contributed by atoms with E-state index in [-0.39, 0.29) is 24.0 Å². The van der Waals surface area contributed by atoms with Gasteiger partial charge in [0.25, 0.3) is 0 Å². The molecule has 0 spiro atoms. The highest BCUT2D eigenvalue weighted by atomic mass is 16.5. The second-order valence-corrected chi connectivity index (χ2v) is 5.88. The third-order valence-corrected chi connectivity index (χ3v) is 4.73. The number of hydrogen-bond acceptors (Lipinski definition) is 3. The number of furan rings is 1. The molecule has 0 radical (unpaired) electrons. The standard InChI is InChI=1S/C18H19NO3/c1-2-16(20)19-14-7-4-3-6-12(14)18-13(9-11-22-18)17(19)15-8-5-10-21-15/h3-8,10,13,17-18H,2,9,11H2,1H3/t13-,17-,18+/m1/s1. The van der Waals surface area contributed by atoms with Crippen LogP contribution in [0.25, 0.3) is 0 Å². The average Bonchev–Trinajstić information content (AvgIpc) is 3.24. The summed E-state index contributed by atoms with van der Waals surface area (Å²) in [5.41, 5.74) is 2.08. The van der Waals surface area contributed by atoms with Crippen LogP contribution in [0.4, 0.5) is 5.69 Å². The lowest BCUT2D eigenvalue weighted by molar-refractivity contribution is -0.119. The van der Waals surface area contributed by atoms with Gasteiger partial charge in [-0.25, -0.2) is 0 Å². The summed E-state index contributed by atoms with van der Waals surface area (Å²) in [6.45, 7) is 2.64. The number of carbonyl (C=O) groups excluding carboxylic acids is 1. The number of para-hydroxylation sites is 1. The molecule has 3 heterocycles. The summed E-state index contributed by atoms with van der Waals surface area (Å²) >= 11 is 0. The van der Waals surface area contributed by atoms with E-state index in [1.807, 2.05) is 42.2 Å². The van der Waals surface area contributed by atoms with Crippen molar-refractivity contribution in [1.29, 1.82) is 0 Å². The first-order valence-electron chi connectivity index (χ1n) is 7.87. The molecule has 1 fully saturated rings. The Morgan fingerprint density at radius 2 is 2.14 bits per heavy atom. The van der Waals surface area contributed by atoms with Crippen LogP contribution in [0.1, 0.15) is 43.2 Å². The Hall–Kier alpha value is -2.07. The van der Waals surface area contributed by atoms with Gasteiger partial charge in [-0.3, -0.25) is 4.79 Å². The molecular weight excluding hydrogens is 278 g/mol. The molecule has 4 heteroatoms. The van der Waals surface area contributed by atoms with Crippen LogP contribution in [0.2, 0.25) is 0 Å². The Balaban J connectivity index is 1.90. The number of carbonyl (C=O) groups is 1. The summed E-state index contributed by atoms with van der Waals surface area (Å²) in [6.07, 6.45) is 3.14. The quantitative estimate of drug-likeness (QED) is 0.845. The van der Waals surface area contributed by atoms with Gasteiger partial charge in [-0.05, 0) is 24.6 Å². The fourth-order valence-electron chi connectivity index (χ4n) is 3.80. The fourth-order valence-corrected chi connectivity index (χ4v) is 3.80. The lowest BCUT2D eigenvalue weighted by atomic mass is 9.81. The number of amides is 1. The third-order valence-electron chi connectivity index (χ3n) is 4.73. The SMILES string of the molecule is CCC(=O)N1c2ccccc2[C@@H]2OCC[C@@H]2[C@@H]1c1ccco1. The van der Waals surface area contributed by atoms with Gasteiger partial charge in [0, 0.05) is 24.5 Å². The summed E-state index contributed by atoms with van der Waals surface area (Å²) in [7, 11) is 0. The van der Waals surface area contributed by atoms with Crippen LogP contribution in [0.3, 0.4) is 0 Å². The lowest BCUT2D eigenvalue weighted by Gasteiger charge is -2.42. The van der Waals surface area contributed by atoms with Crippen LogP contribution >= 0.6 is 0 Å². The molecule has 2 aliphatic heterocycles. The molecule has 1 saturated heterocycles. The summed E-state index contributed by atoms with van der Waals surface area (Å²) in [6, 6.07) is 11.8. The molecule has 0 bridgehead atoms. The van der Waals surface area contributed by atoms with E-state index in [0.29, 0.717) is 6.42 Å². The number of hydrogen-bond donors (Lipinski definition) is 0. The molecule has 3 atom stereocenters. The van der Waals surface area contributed by atoms with Crippen LogP contribution in [0, 0.1) is 5.92 Å². The van der Waals surface area contributed by atoms with E-state index in [1.54, 1.807) is 6.26 Å². The van der Waals surface area contributed by atoms with Gasteiger partial charge < -0.3 is 14.1 Å². The van der Waals surface area contributed by atoms with Crippen molar-refractivity contribution < 1.29 is 13.9 Å². The summed E-state index contributed by atoms with van der Waals surface area (Å²) < 4.78 is 11.7. The van der Waals surface area contributed by atoms with Crippen LogP contribution < -0.4 is 4.90 Å². The number of fused-ring (bicyclic) bond motifs is 3. The van der Waals surface area contributed by atoms with Crippen molar-refractivity contribution in [3.05, 3.63) is 54.0 Å². The number of rotatable bonds is 2. The van der Waals surface area contributed by atoms with Gasteiger partial charge in [0.1, 0.15) is 11.8 Å². The zero-order valence-corrected chi connectivity index (χ0v) is 12.6. The predicted octanol–water partition coefficient (Wildman–Crippen LogP) is 3.86. The topological polar surface area (TPSA) is 42.7 Å². The molecule has 1 amide bonds. The molecular formula is C18H19NO3. The van der Waals surface area contributed by atoms with E-state index in [2.05, 4.69) is 6.07 Å². The van der Waals surface area contributed by atoms with Crippen molar-refractivity contribution in [3.8, 4) is 0 Å². The molecule has 1 aromatic heterocycles. The predicted molar refractivity (Wildman–Crippen MR) is 82.5 cm³/mol. The Morgan fingerprint density at radius 3 is 2.91 bits per heavy atom. The molecule has 0 aliphatic carbocycles.